The van der Waals surface area contributed by atoms with Crippen molar-refractivity contribution in [2.75, 3.05) is 19.6 Å². The molecule has 0 unspecified atom stereocenters. The molecule has 0 bridgehead atoms. The molecule has 1 aromatic rings. The SMILES string of the molecule is Cn1cc(CNCC2(N3CCCCC3)CCCCC2)cn1. The normalized spacial score (nSPS) is 23.3. The van der Waals surface area contributed by atoms with Crippen LogP contribution in [0.4, 0.5) is 0 Å². The summed E-state index contributed by atoms with van der Waals surface area (Å²) >= 11 is 0. The molecule has 0 radical (unpaired) electrons. The lowest BCUT2D eigenvalue weighted by atomic mass is 9.79. The largest absolute Gasteiger partial charge is 0.311 e. The second-order valence-corrected chi connectivity index (χ2v) is 6.96. The van der Waals surface area contributed by atoms with Crippen molar-refractivity contribution in [3.05, 3.63) is 18.0 Å². The van der Waals surface area contributed by atoms with Crippen LogP contribution in [-0.2, 0) is 13.6 Å². The molecule has 1 saturated heterocycles. The fourth-order valence-electron chi connectivity index (χ4n) is 4.19. The van der Waals surface area contributed by atoms with Crippen molar-refractivity contribution < 1.29 is 0 Å². The third-order valence-electron chi connectivity index (χ3n) is 5.35. The molecule has 0 spiro atoms. The summed E-state index contributed by atoms with van der Waals surface area (Å²) in [5.74, 6) is 0. The molecule has 1 aliphatic carbocycles. The topological polar surface area (TPSA) is 33.1 Å². The van der Waals surface area contributed by atoms with Gasteiger partial charge in [-0.25, -0.2) is 0 Å². The number of piperidine rings is 1. The maximum atomic E-state index is 4.26. The highest BCUT2D eigenvalue weighted by atomic mass is 15.2. The van der Waals surface area contributed by atoms with E-state index in [0.717, 1.165) is 13.1 Å². The molecule has 1 aliphatic heterocycles. The summed E-state index contributed by atoms with van der Waals surface area (Å²) in [6.45, 7) is 4.72. The quantitative estimate of drug-likeness (QED) is 0.905. The van der Waals surface area contributed by atoms with Gasteiger partial charge in [0.1, 0.15) is 0 Å². The summed E-state index contributed by atoms with van der Waals surface area (Å²) < 4.78 is 1.89. The number of nitrogens with one attached hydrogen (secondary N) is 1. The Balaban J connectivity index is 1.59. The highest BCUT2D eigenvalue weighted by Gasteiger charge is 2.37. The van der Waals surface area contributed by atoms with E-state index in [4.69, 9.17) is 0 Å². The van der Waals surface area contributed by atoms with Crippen molar-refractivity contribution in [2.24, 2.45) is 7.05 Å². The highest BCUT2D eigenvalue weighted by Crippen LogP contribution is 2.35. The van der Waals surface area contributed by atoms with E-state index in [1.165, 1.54) is 70.0 Å². The number of aromatic nitrogens is 2. The zero-order valence-electron chi connectivity index (χ0n) is 13.5. The van der Waals surface area contributed by atoms with Crippen LogP contribution < -0.4 is 5.32 Å². The van der Waals surface area contributed by atoms with Gasteiger partial charge in [0.25, 0.3) is 0 Å². The molecule has 21 heavy (non-hydrogen) atoms. The molecule has 0 atom stereocenters. The summed E-state index contributed by atoms with van der Waals surface area (Å²) in [5, 5.41) is 7.98. The van der Waals surface area contributed by atoms with Crippen LogP contribution >= 0.6 is 0 Å². The molecule has 2 fully saturated rings. The van der Waals surface area contributed by atoms with Crippen molar-refractivity contribution in [2.45, 2.75) is 63.5 Å². The molecule has 118 valence electrons. The molecule has 3 rings (SSSR count). The lowest BCUT2D eigenvalue weighted by Gasteiger charge is -2.48. The van der Waals surface area contributed by atoms with E-state index < -0.39 is 0 Å². The number of rotatable bonds is 5. The van der Waals surface area contributed by atoms with Gasteiger partial charge >= 0.3 is 0 Å². The van der Waals surface area contributed by atoms with Crippen LogP contribution in [0.1, 0.15) is 56.9 Å². The first-order chi connectivity index (χ1) is 10.3. The molecular weight excluding hydrogens is 260 g/mol. The minimum absolute atomic E-state index is 0.431. The van der Waals surface area contributed by atoms with E-state index in [0.29, 0.717) is 5.54 Å². The highest BCUT2D eigenvalue weighted by molar-refractivity contribution is 5.04. The van der Waals surface area contributed by atoms with Gasteiger partial charge < -0.3 is 5.32 Å². The summed E-state index contributed by atoms with van der Waals surface area (Å²) in [6, 6.07) is 0. The Bertz CT molecular complexity index is 428. The first kappa shape index (κ1) is 15.0. The summed E-state index contributed by atoms with van der Waals surface area (Å²) in [4.78, 5) is 2.81. The number of nitrogens with zero attached hydrogens (tertiary/aromatic N) is 3. The minimum atomic E-state index is 0.431. The van der Waals surface area contributed by atoms with E-state index in [-0.39, 0.29) is 0 Å². The number of hydrogen-bond acceptors (Lipinski definition) is 3. The minimum Gasteiger partial charge on any atom is -0.311 e. The van der Waals surface area contributed by atoms with Gasteiger partial charge in [0, 0.05) is 37.4 Å². The zero-order valence-corrected chi connectivity index (χ0v) is 13.5. The van der Waals surface area contributed by atoms with E-state index in [9.17, 15) is 0 Å². The van der Waals surface area contributed by atoms with Gasteiger partial charge in [-0.05, 0) is 38.8 Å². The monoisotopic (exact) mass is 290 g/mol. The predicted octanol–water partition coefficient (Wildman–Crippen LogP) is 2.70. The van der Waals surface area contributed by atoms with Crippen molar-refractivity contribution in [3.8, 4) is 0 Å². The van der Waals surface area contributed by atoms with Gasteiger partial charge in [-0.1, -0.05) is 25.7 Å². The first-order valence-corrected chi connectivity index (χ1v) is 8.72. The maximum Gasteiger partial charge on any atom is 0.0534 e. The average Bonchev–Trinajstić information content (AvgIpc) is 2.95. The smallest absolute Gasteiger partial charge is 0.0534 e. The Hall–Kier alpha value is -0.870. The van der Waals surface area contributed by atoms with Crippen LogP contribution in [0, 0.1) is 0 Å². The van der Waals surface area contributed by atoms with Gasteiger partial charge in [-0.3, -0.25) is 9.58 Å². The molecule has 2 heterocycles. The van der Waals surface area contributed by atoms with Gasteiger partial charge in [-0.15, -0.1) is 0 Å². The lowest BCUT2D eigenvalue weighted by Crippen LogP contribution is -2.57. The molecule has 4 nitrogen and oxygen atoms in total. The van der Waals surface area contributed by atoms with E-state index in [2.05, 4.69) is 21.5 Å². The standard InChI is InChI=1S/C17H30N4/c1-20-14-16(13-19-20)12-18-15-17(8-4-2-5-9-17)21-10-6-3-7-11-21/h13-14,18H,2-12,15H2,1H3. The molecule has 0 amide bonds. The van der Waals surface area contributed by atoms with Gasteiger partial charge in [0.2, 0.25) is 0 Å². The van der Waals surface area contributed by atoms with Crippen LogP contribution in [-0.4, -0.2) is 39.9 Å². The Labute approximate surface area is 128 Å². The Morgan fingerprint density at radius 3 is 2.48 bits per heavy atom. The molecule has 2 aliphatic rings. The first-order valence-electron chi connectivity index (χ1n) is 8.72. The average molecular weight is 290 g/mol. The van der Waals surface area contributed by atoms with Crippen LogP contribution in [0.5, 0.6) is 0 Å². The van der Waals surface area contributed by atoms with Crippen LogP contribution in [0.25, 0.3) is 0 Å². The van der Waals surface area contributed by atoms with E-state index >= 15 is 0 Å². The van der Waals surface area contributed by atoms with Gasteiger partial charge in [0.05, 0.1) is 6.20 Å². The van der Waals surface area contributed by atoms with Crippen molar-refractivity contribution in [3.63, 3.8) is 0 Å². The molecule has 1 aromatic heterocycles. The lowest BCUT2D eigenvalue weighted by molar-refractivity contribution is 0.0333. The van der Waals surface area contributed by atoms with Crippen molar-refractivity contribution in [1.82, 2.24) is 20.0 Å². The third kappa shape index (κ3) is 3.67. The van der Waals surface area contributed by atoms with Crippen molar-refractivity contribution >= 4 is 0 Å². The number of aryl methyl sites for hydroxylation is 1. The molecule has 0 aromatic carbocycles. The van der Waals surface area contributed by atoms with Crippen molar-refractivity contribution in [1.29, 1.82) is 0 Å². The second-order valence-electron chi connectivity index (χ2n) is 6.96. The molecule has 4 heteroatoms. The van der Waals surface area contributed by atoms with Gasteiger partial charge in [-0.2, -0.15) is 5.10 Å². The second kappa shape index (κ2) is 6.93. The summed E-state index contributed by atoms with van der Waals surface area (Å²) in [5.41, 5.74) is 1.73. The van der Waals surface area contributed by atoms with E-state index in [1.807, 2.05) is 17.9 Å². The molecule has 1 saturated carbocycles. The Morgan fingerprint density at radius 1 is 1.10 bits per heavy atom. The maximum absolute atomic E-state index is 4.26. The van der Waals surface area contributed by atoms with E-state index in [1.54, 1.807) is 0 Å². The fourth-order valence-corrected chi connectivity index (χ4v) is 4.19. The number of likely N-dealkylation sites (tertiary alicyclic amines) is 1. The third-order valence-corrected chi connectivity index (χ3v) is 5.35. The fraction of sp³-hybridized carbons (Fsp3) is 0.824. The van der Waals surface area contributed by atoms with Crippen LogP contribution in [0.2, 0.25) is 0 Å². The summed E-state index contributed by atoms with van der Waals surface area (Å²) in [6.07, 6.45) is 15.3. The predicted molar refractivity (Wildman–Crippen MR) is 86.2 cm³/mol. The Morgan fingerprint density at radius 2 is 1.81 bits per heavy atom. The molecule has 1 N–H and O–H groups in total. The van der Waals surface area contributed by atoms with Crippen LogP contribution in [0.3, 0.4) is 0 Å². The van der Waals surface area contributed by atoms with Gasteiger partial charge in [0.15, 0.2) is 0 Å². The number of hydrogen-bond donors (Lipinski definition) is 1. The van der Waals surface area contributed by atoms with Crippen LogP contribution in [0.15, 0.2) is 12.4 Å². The Kier molecular flexibility index (Phi) is 4.96. The summed E-state index contributed by atoms with van der Waals surface area (Å²) in [7, 11) is 1.99. The zero-order chi connectivity index (χ0) is 14.5. The molecular formula is C17H30N4.